The number of ketones is 1. The van der Waals surface area contributed by atoms with Gasteiger partial charge in [-0.15, -0.1) is 11.3 Å². The summed E-state index contributed by atoms with van der Waals surface area (Å²) in [6, 6.07) is 6.94. The van der Waals surface area contributed by atoms with Crippen LogP contribution >= 0.6 is 22.9 Å². The number of thiophene rings is 1. The van der Waals surface area contributed by atoms with Crippen molar-refractivity contribution in [2.45, 2.75) is 20.8 Å². The molecule has 1 aromatic carbocycles. The number of hydrogen-bond donors (Lipinski definition) is 3. The highest BCUT2D eigenvalue weighted by atomic mass is 35.5. The lowest BCUT2D eigenvalue weighted by Gasteiger charge is -2.07. The third kappa shape index (κ3) is 4.28. The van der Waals surface area contributed by atoms with Gasteiger partial charge in [-0.25, -0.2) is 0 Å². The summed E-state index contributed by atoms with van der Waals surface area (Å²) in [5, 5.41) is 8.22. The number of aryl methyl sites for hydroxylation is 1. The van der Waals surface area contributed by atoms with Gasteiger partial charge in [0.1, 0.15) is 15.6 Å². The van der Waals surface area contributed by atoms with E-state index in [1.165, 1.54) is 6.07 Å². The van der Waals surface area contributed by atoms with Crippen molar-refractivity contribution < 1.29 is 14.1 Å². The first-order valence-corrected chi connectivity index (χ1v) is 10.1. The van der Waals surface area contributed by atoms with E-state index in [-0.39, 0.29) is 21.9 Å². The summed E-state index contributed by atoms with van der Waals surface area (Å²) < 4.78 is 5.25. The summed E-state index contributed by atoms with van der Waals surface area (Å²) in [5.41, 5.74) is 13.9. The highest BCUT2D eigenvalue weighted by Crippen LogP contribution is 2.37. The summed E-state index contributed by atoms with van der Waals surface area (Å²) in [6.45, 7) is 6.53. The number of benzene rings is 1. The van der Waals surface area contributed by atoms with Crippen molar-refractivity contribution in [3.05, 3.63) is 51.1 Å². The van der Waals surface area contributed by atoms with Crippen LogP contribution < -0.4 is 16.8 Å². The third-order valence-corrected chi connectivity index (χ3v) is 5.84. The predicted molar refractivity (Wildman–Crippen MR) is 116 cm³/mol. The minimum Gasteiger partial charge on any atom is -0.397 e. The van der Waals surface area contributed by atoms with Crippen LogP contribution in [0.1, 0.15) is 45.2 Å². The largest absolute Gasteiger partial charge is 0.397 e. The van der Waals surface area contributed by atoms with Gasteiger partial charge in [0.25, 0.3) is 5.91 Å². The summed E-state index contributed by atoms with van der Waals surface area (Å²) in [7, 11) is 0. The van der Waals surface area contributed by atoms with Crippen molar-refractivity contribution in [3.63, 3.8) is 0 Å². The number of anilines is 2. The van der Waals surface area contributed by atoms with Crippen LogP contribution in [-0.2, 0) is 0 Å². The van der Waals surface area contributed by atoms with Gasteiger partial charge in [0.2, 0.25) is 11.5 Å². The number of nitrogen functional groups attached to an aromatic ring is 1. The molecule has 1 amide bonds. The van der Waals surface area contributed by atoms with Crippen LogP contribution in [0, 0.1) is 12.8 Å². The van der Waals surface area contributed by atoms with Crippen LogP contribution in [-0.4, -0.2) is 23.4 Å². The second-order valence-corrected chi connectivity index (χ2v) is 8.49. The van der Waals surface area contributed by atoms with Crippen molar-refractivity contribution in [3.8, 4) is 11.3 Å². The van der Waals surface area contributed by atoms with E-state index in [1.54, 1.807) is 12.1 Å². The molecule has 5 N–H and O–H groups in total. The van der Waals surface area contributed by atoms with Gasteiger partial charge < -0.3 is 21.3 Å². The SMILES string of the molecule is Cc1cc(-c2cc(C(=O)c3sc(NCC(C)C)c(C(N)=O)c3N)on2)ccc1Cl. The number of carbonyl (C=O) groups is 2. The normalized spacial score (nSPS) is 11.1. The van der Waals surface area contributed by atoms with E-state index in [0.29, 0.717) is 28.2 Å². The van der Waals surface area contributed by atoms with Gasteiger partial charge in [-0.05, 0) is 30.5 Å². The number of nitrogens with two attached hydrogens (primary N) is 2. The zero-order valence-corrected chi connectivity index (χ0v) is 17.8. The molecule has 0 fully saturated rings. The summed E-state index contributed by atoms with van der Waals surface area (Å²) in [5.74, 6) is -0.805. The molecule has 0 saturated carbocycles. The first-order chi connectivity index (χ1) is 13.7. The van der Waals surface area contributed by atoms with Gasteiger partial charge in [0, 0.05) is 23.2 Å². The third-order valence-electron chi connectivity index (χ3n) is 4.26. The standard InChI is InChI=1S/C20H21ClN4O3S/c1-9(2)8-24-20-15(19(23)27)16(22)18(29-20)17(26)14-7-13(25-28-14)11-4-5-12(21)10(3)6-11/h4-7,9,24H,8,22H2,1-3H3,(H2,23,27). The van der Waals surface area contributed by atoms with Crippen LogP contribution in [0.4, 0.5) is 10.7 Å². The van der Waals surface area contributed by atoms with Crippen LogP contribution in [0.15, 0.2) is 28.8 Å². The van der Waals surface area contributed by atoms with Crippen LogP contribution in [0.2, 0.25) is 5.02 Å². The lowest BCUT2D eigenvalue weighted by atomic mass is 10.1. The van der Waals surface area contributed by atoms with Gasteiger partial charge in [0.15, 0.2) is 0 Å². The lowest BCUT2D eigenvalue weighted by molar-refractivity contribution is 0.1000. The zero-order valence-electron chi connectivity index (χ0n) is 16.2. The van der Waals surface area contributed by atoms with E-state index in [1.807, 2.05) is 26.8 Å². The molecule has 0 aliphatic rings. The number of nitrogens with one attached hydrogen (secondary N) is 1. The molecule has 0 spiro atoms. The van der Waals surface area contributed by atoms with Crippen molar-refractivity contribution in [2.75, 3.05) is 17.6 Å². The van der Waals surface area contributed by atoms with Crippen LogP contribution in [0.3, 0.4) is 0 Å². The summed E-state index contributed by atoms with van der Waals surface area (Å²) in [6.07, 6.45) is 0. The molecule has 0 aliphatic carbocycles. The predicted octanol–water partition coefficient (Wildman–Crippen LogP) is 4.34. The molecule has 7 nitrogen and oxygen atoms in total. The van der Waals surface area contributed by atoms with E-state index < -0.39 is 11.7 Å². The molecule has 0 aliphatic heterocycles. The van der Waals surface area contributed by atoms with Gasteiger partial charge in [-0.3, -0.25) is 9.59 Å². The maximum Gasteiger partial charge on any atom is 0.253 e. The maximum absolute atomic E-state index is 13.0. The number of rotatable bonds is 7. The zero-order chi connectivity index (χ0) is 21.3. The van der Waals surface area contributed by atoms with Crippen molar-refractivity contribution in [1.82, 2.24) is 5.16 Å². The molecule has 29 heavy (non-hydrogen) atoms. The highest BCUT2D eigenvalue weighted by Gasteiger charge is 2.27. The highest BCUT2D eigenvalue weighted by molar-refractivity contribution is 7.19. The quantitative estimate of drug-likeness (QED) is 0.477. The van der Waals surface area contributed by atoms with Crippen molar-refractivity contribution in [2.24, 2.45) is 11.7 Å². The van der Waals surface area contributed by atoms with E-state index in [2.05, 4.69) is 10.5 Å². The molecule has 0 bridgehead atoms. The molecule has 0 radical (unpaired) electrons. The minimum absolute atomic E-state index is 0.0204. The second-order valence-electron chi connectivity index (χ2n) is 7.06. The molecule has 3 rings (SSSR count). The molecule has 0 atom stereocenters. The van der Waals surface area contributed by atoms with E-state index >= 15 is 0 Å². The Labute approximate surface area is 177 Å². The molecular weight excluding hydrogens is 412 g/mol. The lowest BCUT2D eigenvalue weighted by Crippen LogP contribution is -2.16. The number of amides is 1. The monoisotopic (exact) mass is 432 g/mol. The topological polar surface area (TPSA) is 124 Å². The van der Waals surface area contributed by atoms with Gasteiger partial charge in [-0.2, -0.15) is 0 Å². The molecular formula is C20H21ClN4O3S. The Morgan fingerprint density at radius 3 is 2.66 bits per heavy atom. The molecule has 2 aromatic heterocycles. The Kier molecular flexibility index (Phi) is 5.95. The molecule has 3 aromatic rings. The number of nitrogens with zero attached hydrogens (tertiary/aromatic N) is 1. The fraction of sp³-hybridized carbons (Fsp3) is 0.250. The number of aromatic nitrogens is 1. The van der Waals surface area contributed by atoms with E-state index in [4.69, 9.17) is 27.6 Å². The Bertz CT molecular complexity index is 1090. The average molecular weight is 433 g/mol. The van der Waals surface area contributed by atoms with Crippen LogP contribution in [0.25, 0.3) is 11.3 Å². The maximum atomic E-state index is 13.0. The average Bonchev–Trinajstić information content (AvgIpc) is 3.26. The molecule has 0 saturated heterocycles. The van der Waals surface area contributed by atoms with Gasteiger partial charge >= 0.3 is 0 Å². The van der Waals surface area contributed by atoms with Crippen molar-refractivity contribution in [1.29, 1.82) is 0 Å². The summed E-state index contributed by atoms with van der Waals surface area (Å²) >= 11 is 7.13. The van der Waals surface area contributed by atoms with Gasteiger partial charge in [0.05, 0.1) is 11.3 Å². The first-order valence-electron chi connectivity index (χ1n) is 8.93. The number of primary amides is 1. The smallest absolute Gasteiger partial charge is 0.253 e. The Balaban J connectivity index is 1.94. The fourth-order valence-corrected chi connectivity index (χ4v) is 3.91. The number of halogens is 1. The Hall–Kier alpha value is -2.84. The molecule has 9 heteroatoms. The first kappa shape index (κ1) is 20.9. The van der Waals surface area contributed by atoms with Crippen LogP contribution in [0.5, 0.6) is 0 Å². The minimum atomic E-state index is -0.695. The summed E-state index contributed by atoms with van der Waals surface area (Å²) in [4.78, 5) is 25.0. The number of carbonyl (C=O) groups excluding carboxylic acids is 2. The Morgan fingerprint density at radius 1 is 1.31 bits per heavy atom. The molecule has 152 valence electrons. The van der Waals surface area contributed by atoms with Gasteiger partial charge in [-0.1, -0.05) is 36.7 Å². The number of hydrogen-bond acceptors (Lipinski definition) is 7. The Morgan fingerprint density at radius 2 is 2.03 bits per heavy atom. The van der Waals surface area contributed by atoms with E-state index in [0.717, 1.165) is 22.5 Å². The van der Waals surface area contributed by atoms with E-state index in [9.17, 15) is 9.59 Å². The molecule has 0 unspecified atom stereocenters. The molecule has 2 heterocycles. The second kappa shape index (κ2) is 8.26. The fourth-order valence-electron chi connectivity index (χ4n) is 2.71. The van der Waals surface area contributed by atoms with Crippen molar-refractivity contribution >= 4 is 45.3 Å².